The summed E-state index contributed by atoms with van der Waals surface area (Å²) in [5.41, 5.74) is 1.04. The number of thioether (sulfide) groups is 1. The number of hydrogen-bond acceptors (Lipinski definition) is 9. The fourth-order valence-electron chi connectivity index (χ4n) is 2.64. The number of carbonyl (C=O) groups is 1. The molecule has 12 heteroatoms. The Labute approximate surface area is 197 Å². The van der Waals surface area contributed by atoms with Gasteiger partial charge < -0.3 is 5.32 Å². The molecule has 0 radical (unpaired) electrons. The van der Waals surface area contributed by atoms with Gasteiger partial charge in [0.2, 0.25) is 0 Å². The molecule has 0 atom stereocenters. The lowest BCUT2D eigenvalue weighted by molar-refractivity contribution is 0.102. The zero-order valence-corrected chi connectivity index (χ0v) is 19.3. The summed E-state index contributed by atoms with van der Waals surface area (Å²) >= 11 is 2.35. The number of carbonyl (C=O) groups excluding carboxylic acids is 1. The molecule has 2 N–H and O–H groups in total. The van der Waals surface area contributed by atoms with Gasteiger partial charge in [-0.2, -0.15) is 0 Å². The molecule has 0 amide bonds. The second-order valence-corrected chi connectivity index (χ2v) is 10.1. The highest BCUT2D eigenvalue weighted by molar-refractivity contribution is 7.99. The molecule has 0 spiro atoms. The van der Waals surface area contributed by atoms with Crippen LogP contribution in [0.2, 0.25) is 0 Å². The molecule has 2 aromatic heterocycles. The van der Waals surface area contributed by atoms with Crippen molar-refractivity contribution >= 4 is 55.5 Å². The van der Waals surface area contributed by atoms with Crippen LogP contribution < -0.4 is 10.0 Å². The van der Waals surface area contributed by atoms with Gasteiger partial charge in [0.1, 0.15) is 11.6 Å². The number of rotatable bonds is 9. The van der Waals surface area contributed by atoms with Crippen LogP contribution in [0.4, 0.5) is 21.0 Å². The number of Topliss-reactive ketones (excluding diaryl/α,β-unsaturated/α-hetero) is 1. The van der Waals surface area contributed by atoms with Crippen LogP contribution in [0.1, 0.15) is 10.4 Å². The molecular formula is C21H16FN5O3S3. The van der Waals surface area contributed by atoms with Gasteiger partial charge >= 0.3 is 0 Å². The van der Waals surface area contributed by atoms with E-state index in [2.05, 4.69) is 25.0 Å². The first kappa shape index (κ1) is 22.8. The van der Waals surface area contributed by atoms with E-state index in [1.54, 1.807) is 29.8 Å². The molecule has 0 fully saturated rings. The first-order valence-corrected chi connectivity index (χ1v) is 12.8. The van der Waals surface area contributed by atoms with Gasteiger partial charge in [0.05, 0.1) is 10.6 Å². The molecule has 4 aromatic rings. The molecule has 0 aliphatic heterocycles. The lowest BCUT2D eigenvalue weighted by Gasteiger charge is -2.09. The van der Waals surface area contributed by atoms with Gasteiger partial charge in [0, 0.05) is 29.0 Å². The molecule has 0 aliphatic rings. The second-order valence-electron chi connectivity index (χ2n) is 6.54. The van der Waals surface area contributed by atoms with E-state index in [-0.39, 0.29) is 16.4 Å². The first-order valence-electron chi connectivity index (χ1n) is 9.43. The number of hydrogen-bond donors (Lipinski definition) is 2. The van der Waals surface area contributed by atoms with Crippen LogP contribution in [0.15, 0.2) is 82.4 Å². The Kier molecular flexibility index (Phi) is 6.96. The summed E-state index contributed by atoms with van der Waals surface area (Å²) < 4.78 is 40.3. The minimum atomic E-state index is -3.73. The van der Waals surface area contributed by atoms with Crippen molar-refractivity contribution in [2.24, 2.45) is 0 Å². The third kappa shape index (κ3) is 6.12. The van der Waals surface area contributed by atoms with Crippen LogP contribution in [0, 0.1) is 5.82 Å². The van der Waals surface area contributed by atoms with E-state index in [1.165, 1.54) is 53.9 Å². The number of ketones is 1. The van der Waals surface area contributed by atoms with E-state index in [1.807, 2.05) is 0 Å². The first-order chi connectivity index (χ1) is 15.9. The Morgan fingerprint density at radius 2 is 1.76 bits per heavy atom. The van der Waals surface area contributed by atoms with Crippen molar-refractivity contribution in [3.05, 3.63) is 83.8 Å². The Morgan fingerprint density at radius 3 is 2.45 bits per heavy atom. The van der Waals surface area contributed by atoms with E-state index in [0.29, 0.717) is 27.4 Å². The van der Waals surface area contributed by atoms with Gasteiger partial charge in [-0.05, 0) is 54.6 Å². The predicted molar refractivity (Wildman–Crippen MR) is 126 cm³/mol. The lowest BCUT2D eigenvalue weighted by Crippen LogP contribution is -2.12. The number of halogens is 1. The number of aromatic nitrogens is 3. The monoisotopic (exact) mass is 501 g/mol. The van der Waals surface area contributed by atoms with Crippen LogP contribution in [0.3, 0.4) is 0 Å². The average molecular weight is 502 g/mol. The SMILES string of the molecule is O=C(CSc1nccc(Nc2ccc(S(=O)(=O)Nc3nccs3)cc2)n1)c1ccc(F)cc1. The minimum absolute atomic E-state index is 0.0986. The van der Waals surface area contributed by atoms with Crippen LogP contribution in [-0.2, 0) is 10.0 Å². The van der Waals surface area contributed by atoms with E-state index < -0.39 is 15.8 Å². The minimum Gasteiger partial charge on any atom is -0.340 e. The maximum absolute atomic E-state index is 13.0. The molecular weight excluding hydrogens is 485 g/mol. The average Bonchev–Trinajstić information content (AvgIpc) is 3.31. The fraction of sp³-hybridized carbons (Fsp3) is 0.0476. The topological polar surface area (TPSA) is 114 Å². The zero-order valence-electron chi connectivity index (χ0n) is 16.8. The lowest BCUT2D eigenvalue weighted by atomic mass is 10.1. The van der Waals surface area contributed by atoms with E-state index in [4.69, 9.17) is 0 Å². The molecule has 168 valence electrons. The van der Waals surface area contributed by atoms with Crippen molar-refractivity contribution in [2.75, 3.05) is 15.8 Å². The van der Waals surface area contributed by atoms with E-state index in [0.717, 1.165) is 11.8 Å². The van der Waals surface area contributed by atoms with Gasteiger partial charge in [-0.1, -0.05) is 11.8 Å². The van der Waals surface area contributed by atoms with Crippen molar-refractivity contribution in [1.29, 1.82) is 0 Å². The number of nitrogens with zero attached hydrogens (tertiary/aromatic N) is 3. The third-order valence-corrected chi connectivity index (χ3v) is 7.26. The number of thiazole rings is 1. The highest BCUT2D eigenvalue weighted by Gasteiger charge is 2.15. The van der Waals surface area contributed by atoms with Crippen LogP contribution >= 0.6 is 23.1 Å². The summed E-state index contributed by atoms with van der Waals surface area (Å²) in [6.07, 6.45) is 3.07. The smallest absolute Gasteiger partial charge is 0.263 e. The summed E-state index contributed by atoms with van der Waals surface area (Å²) in [7, 11) is -3.73. The summed E-state index contributed by atoms with van der Waals surface area (Å²) in [6.45, 7) is 0. The molecule has 0 aliphatic carbocycles. The van der Waals surface area contributed by atoms with Gasteiger partial charge in [0.25, 0.3) is 10.0 Å². The second kappa shape index (κ2) is 10.1. The maximum Gasteiger partial charge on any atom is 0.263 e. The molecule has 2 heterocycles. The van der Waals surface area contributed by atoms with Crippen molar-refractivity contribution < 1.29 is 17.6 Å². The molecule has 0 bridgehead atoms. The van der Waals surface area contributed by atoms with Gasteiger partial charge in [-0.3, -0.25) is 9.52 Å². The molecule has 4 rings (SSSR count). The van der Waals surface area contributed by atoms with Crippen molar-refractivity contribution in [3.63, 3.8) is 0 Å². The van der Waals surface area contributed by atoms with Gasteiger partial charge in [-0.25, -0.2) is 27.8 Å². The largest absolute Gasteiger partial charge is 0.340 e. The summed E-state index contributed by atoms with van der Waals surface area (Å²) in [5, 5.41) is 5.44. The quantitative estimate of drug-likeness (QED) is 0.194. The van der Waals surface area contributed by atoms with Gasteiger partial charge in [0.15, 0.2) is 16.1 Å². The molecule has 0 unspecified atom stereocenters. The Balaban J connectivity index is 1.38. The Bertz CT molecular complexity index is 1350. The molecule has 33 heavy (non-hydrogen) atoms. The highest BCUT2D eigenvalue weighted by Crippen LogP contribution is 2.22. The highest BCUT2D eigenvalue weighted by atomic mass is 32.2. The Hall–Kier alpha value is -3.35. The van der Waals surface area contributed by atoms with Crippen LogP contribution in [0.5, 0.6) is 0 Å². The summed E-state index contributed by atoms with van der Waals surface area (Å²) in [4.78, 5) is 24.8. The van der Waals surface area contributed by atoms with Gasteiger partial charge in [-0.15, -0.1) is 11.3 Å². The number of nitrogens with one attached hydrogen (secondary N) is 2. The molecule has 8 nitrogen and oxygen atoms in total. The maximum atomic E-state index is 13.0. The number of sulfonamides is 1. The van der Waals surface area contributed by atoms with Crippen LogP contribution in [-0.4, -0.2) is 34.9 Å². The third-order valence-electron chi connectivity index (χ3n) is 4.22. The normalized spacial score (nSPS) is 11.2. The van der Waals surface area contributed by atoms with Crippen molar-refractivity contribution in [1.82, 2.24) is 15.0 Å². The number of benzene rings is 2. The van der Waals surface area contributed by atoms with Crippen molar-refractivity contribution in [3.8, 4) is 0 Å². The predicted octanol–water partition coefficient (Wildman–Crippen LogP) is 4.59. The molecule has 2 aromatic carbocycles. The fourth-order valence-corrected chi connectivity index (χ4v) is 5.16. The molecule has 0 saturated carbocycles. The van der Waals surface area contributed by atoms with E-state index >= 15 is 0 Å². The zero-order chi connectivity index (χ0) is 23.3. The molecule has 0 saturated heterocycles. The Morgan fingerprint density at radius 1 is 1.00 bits per heavy atom. The van der Waals surface area contributed by atoms with E-state index in [9.17, 15) is 17.6 Å². The summed E-state index contributed by atoms with van der Waals surface area (Å²) in [6, 6.07) is 13.2. The summed E-state index contributed by atoms with van der Waals surface area (Å²) in [5.74, 6) is 0.0272. The van der Waals surface area contributed by atoms with Crippen molar-refractivity contribution in [2.45, 2.75) is 10.1 Å². The van der Waals surface area contributed by atoms with Crippen LogP contribution in [0.25, 0.3) is 0 Å². The number of anilines is 3. The standard InChI is InChI=1S/C21H16FN5O3S3/c22-15-3-1-14(2-4-15)18(28)13-32-20-23-10-9-19(26-20)25-16-5-7-17(8-6-16)33(29,30)27-21-24-11-12-31-21/h1-12H,13H2,(H,24,27)(H,23,25,26).